The average molecular weight is 257 g/mol. The Labute approximate surface area is 109 Å². The zero-order valence-corrected chi connectivity index (χ0v) is 10.2. The number of carbonyl (C=O) groups is 1. The van der Waals surface area contributed by atoms with Crippen molar-refractivity contribution >= 4 is 11.9 Å². The van der Waals surface area contributed by atoms with Crippen LogP contribution in [0.15, 0.2) is 22.7 Å². The van der Waals surface area contributed by atoms with Crippen molar-refractivity contribution in [3.05, 3.63) is 35.5 Å². The normalized spacial score (nSPS) is 9.58. The highest BCUT2D eigenvalue weighted by molar-refractivity contribution is 6.01. The van der Waals surface area contributed by atoms with Crippen LogP contribution in [-0.4, -0.2) is 27.6 Å². The summed E-state index contributed by atoms with van der Waals surface area (Å²) in [6.45, 7) is 1.91. The second-order valence-corrected chi connectivity index (χ2v) is 3.52. The van der Waals surface area contributed by atoms with E-state index in [-0.39, 0.29) is 18.3 Å². The Hall–Kier alpha value is -2.72. The molecule has 0 aliphatic carbocycles. The van der Waals surface area contributed by atoms with Crippen molar-refractivity contribution in [2.45, 2.75) is 6.92 Å². The number of nitrogens with zero attached hydrogens (tertiary/aromatic N) is 3. The van der Waals surface area contributed by atoms with Crippen LogP contribution in [0.4, 0.5) is 6.01 Å². The van der Waals surface area contributed by atoms with E-state index in [1.807, 2.05) is 0 Å². The Morgan fingerprint density at radius 2 is 2.32 bits per heavy atom. The molecule has 2 aromatic heterocycles. The van der Waals surface area contributed by atoms with Crippen molar-refractivity contribution in [3.63, 3.8) is 0 Å². The molecule has 1 amide bonds. The fraction of sp³-hybridized carbons (Fsp3) is 0.167. The maximum Gasteiger partial charge on any atom is 0.322 e. The molecule has 96 valence electrons. The summed E-state index contributed by atoms with van der Waals surface area (Å²) < 4.78 is 5.03. The van der Waals surface area contributed by atoms with E-state index in [1.54, 1.807) is 19.1 Å². The Morgan fingerprint density at radius 3 is 2.89 bits per heavy atom. The molecule has 0 radical (unpaired) electrons. The van der Waals surface area contributed by atoms with Crippen LogP contribution < -0.4 is 11.1 Å². The van der Waals surface area contributed by atoms with Crippen LogP contribution in [0.5, 0.6) is 0 Å². The van der Waals surface area contributed by atoms with E-state index in [4.69, 9.17) is 10.2 Å². The van der Waals surface area contributed by atoms with E-state index in [0.717, 1.165) is 0 Å². The summed E-state index contributed by atoms with van der Waals surface area (Å²) in [7, 11) is 0. The minimum absolute atomic E-state index is 0.0382. The van der Waals surface area contributed by atoms with Gasteiger partial charge in [-0.25, -0.2) is 4.98 Å². The first-order valence-corrected chi connectivity index (χ1v) is 5.45. The Morgan fingerprint density at radius 1 is 1.47 bits per heavy atom. The molecule has 0 atom stereocenters. The minimum Gasteiger partial charge on any atom is -0.408 e. The van der Waals surface area contributed by atoms with Crippen molar-refractivity contribution in [1.82, 2.24) is 15.2 Å². The number of aryl methyl sites for hydroxylation is 1. The molecule has 0 aromatic carbocycles. The van der Waals surface area contributed by atoms with E-state index >= 15 is 0 Å². The van der Waals surface area contributed by atoms with Crippen LogP contribution >= 0.6 is 0 Å². The number of aromatic nitrogens is 3. The van der Waals surface area contributed by atoms with E-state index in [0.29, 0.717) is 11.5 Å². The first-order valence-electron chi connectivity index (χ1n) is 5.45. The summed E-state index contributed by atoms with van der Waals surface area (Å²) in [5, 5.41) is 9.70. The van der Waals surface area contributed by atoms with Crippen LogP contribution in [0.1, 0.15) is 21.9 Å². The van der Waals surface area contributed by atoms with E-state index in [1.165, 1.54) is 6.20 Å². The fourth-order valence-corrected chi connectivity index (χ4v) is 1.26. The van der Waals surface area contributed by atoms with Gasteiger partial charge in [-0.1, -0.05) is 16.9 Å². The standard InChI is InChI=1S/C12H11N5O2/c1-8-16-17-12(19-8)15-11(18)10-5-4-9(7-14-10)3-2-6-13/h4-5,7H,6,13H2,1H3,(H,15,17,18). The molecule has 0 saturated heterocycles. The molecule has 0 saturated carbocycles. The second kappa shape index (κ2) is 5.75. The second-order valence-electron chi connectivity index (χ2n) is 3.52. The first kappa shape index (κ1) is 12.7. The molecule has 2 aromatic rings. The molecule has 0 bridgehead atoms. The van der Waals surface area contributed by atoms with Crippen molar-refractivity contribution in [1.29, 1.82) is 0 Å². The molecule has 0 fully saturated rings. The third-order valence-electron chi connectivity index (χ3n) is 2.08. The summed E-state index contributed by atoms with van der Waals surface area (Å²) >= 11 is 0. The first-order chi connectivity index (χ1) is 9.19. The number of amides is 1. The highest BCUT2D eigenvalue weighted by Crippen LogP contribution is 2.06. The summed E-state index contributed by atoms with van der Waals surface area (Å²) in [6, 6.07) is 3.28. The zero-order valence-electron chi connectivity index (χ0n) is 10.2. The lowest BCUT2D eigenvalue weighted by Gasteiger charge is -1.99. The monoisotopic (exact) mass is 257 g/mol. The molecular weight excluding hydrogens is 246 g/mol. The van der Waals surface area contributed by atoms with Gasteiger partial charge in [0.25, 0.3) is 5.91 Å². The molecule has 2 heterocycles. The van der Waals surface area contributed by atoms with Crippen LogP contribution in [-0.2, 0) is 0 Å². The molecule has 7 nitrogen and oxygen atoms in total. The smallest absolute Gasteiger partial charge is 0.322 e. The molecule has 19 heavy (non-hydrogen) atoms. The lowest BCUT2D eigenvalue weighted by atomic mass is 10.2. The summed E-state index contributed by atoms with van der Waals surface area (Å²) in [4.78, 5) is 15.8. The number of nitrogens with two attached hydrogens (primary N) is 1. The summed E-state index contributed by atoms with van der Waals surface area (Å²) in [5.41, 5.74) is 6.18. The predicted molar refractivity (Wildman–Crippen MR) is 67.2 cm³/mol. The fourth-order valence-electron chi connectivity index (χ4n) is 1.26. The molecule has 2 rings (SSSR count). The number of hydrogen-bond donors (Lipinski definition) is 2. The number of anilines is 1. The molecule has 0 spiro atoms. The molecule has 0 aliphatic heterocycles. The molecule has 0 aliphatic rings. The highest BCUT2D eigenvalue weighted by Gasteiger charge is 2.11. The van der Waals surface area contributed by atoms with Crippen LogP contribution in [0.3, 0.4) is 0 Å². The lowest BCUT2D eigenvalue weighted by molar-refractivity contribution is 0.101. The molecule has 7 heteroatoms. The van der Waals surface area contributed by atoms with Crippen molar-refractivity contribution in [2.24, 2.45) is 5.73 Å². The topological polar surface area (TPSA) is 107 Å². The van der Waals surface area contributed by atoms with Gasteiger partial charge in [-0.05, 0) is 12.1 Å². The number of carbonyl (C=O) groups excluding carboxylic acids is 1. The van der Waals surface area contributed by atoms with Gasteiger partial charge in [0, 0.05) is 18.7 Å². The van der Waals surface area contributed by atoms with Gasteiger partial charge >= 0.3 is 6.01 Å². The summed E-state index contributed by atoms with van der Waals surface area (Å²) in [5.74, 6) is 5.46. The van der Waals surface area contributed by atoms with E-state index < -0.39 is 5.91 Å². The van der Waals surface area contributed by atoms with Gasteiger partial charge in [-0.15, -0.1) is 5.10 Å². The molecule has 0 unspecified atom stereocenters. The van der Waals surface area contributed by atoms with Gasteiger partial charge in [0.15, 0.2) is 0 Å². The van der Waals surface area contributed by atoms with E-state index in [9.17, 15) is 4.79 Å². The maximum absolute atomic E-state index is 11.8. The number of hydrogen-bond acceptors (Lipinski definition) is 6. The SMILES string of the molecule is Cc1nnc(NC(=O)c2ccc(C#CCN)cn2)o1. The van der Waals surface area contributed by atoms with Crippen LogP contribution in [0.2, 0.25) is 0 Å². The van der Waals surface area contributed by atoms with Crippen molar-refractivity contribution in [2.75, 3.05) is 11.9 Å². The third kappa shape index (κ3) is 3.37. The van der Waals surface area contributed by atoms with Gasteiger partial charge < -0.3 is 10.2 Å². The van der Waals surface area contributed by atoms with Crippen LogP contribution in [0, 0.1) is 18.8 Å². The minimum atomic E-state index is -0.429. The van der Waals surface area contributed by atoms with Gasteiger partial charge in [0.2, 0.25) is 5.89 Å². The van der Waals surface area contributed by atoms with E-state index in [2.05, 4.69) is 32.3 Å². The van der Waals surface area contributed by atoms with Gasteiger partial charge in [-0.2, -0.15) is 0 Å². The predicted octanol–water partition coefficient (Wildman–Crippen LogP) is 0.336. The maximum atomic E-state index is 11.8. The largest absolute Gasteiger partial charge is 0.408 e. The van der Waals surface area contributed by atoms with Gasteiger partial charge in [0.1, 0.15) is 5.69 Å². The zero-order chi connectivity index (χ0) is 13.7. The van der Waals surface area contributed by atoms with Gasteiger partial charge in [0.05, 0.1) is 6.54 Å². The van der Waals surface area contributed by atoms with Crippen molar-refractivity contribution < 1.29 is 9.21 Å². The van der Waals surface area contributed by atoms with Crippen LogP contribution in [0.25, 0.3) is 0 Å². The average Bonchev–Trinajstić information content (AvgIpc) is 2.82. The molecular formula is C12H11N5O2. The number of pyridine rings is 1. The van der Waals surface area contributed by atoms with Gasteiger partial charge in [-0.3, -0.25) is 10.1 Å². The number of nitrogens with one attached hydrogen (secondary N) is 1. The Kier molecular flexibility index (Phi) is 3.85. The Balaban J connectivity index is 2.07. The molecule has 3 N–H and O–H groups in total. The summed E-state index contributed by atoms with van der Waals surface area (Å²) in [6.07, 6.45) is 1.50. The third-order valence-corrected chi connectivity index (χ3v) is 2.08. The Bertz CT molecular complexity index is 636. The van der Waals surface area contributed by atoms with Crippen molar-refractivity contribution in [3.8, 4) is 11.8 Å². The lowest BCUT2D eigenvalue weighted by Crippen LogP contribution is -2.13. The quantitative estimate of drug-likeness (QED) is 0.751. The highest BCUT2D eigenvalue weighted by atomic mass is 16.4. The number of rotatable bonds is 2.